The Bertz CT molecular complexity index is 1030. The maximum absolute atomic E-state index is 12.3. The SMILES string of the molecule is O=C(/C=C/c1ccc2c(c1)OCCO2)OCC(=O)c1c[nH]c2ccccc12. The Kier molecular flexibility index (Phi) is 4.61. The van der Waals surface area contributed by atoms with Crippen molar-refractivity contribution in [2.45, 2.75) is 0 Å². The van der Waals surface area contributed by atoms with E-state index in [2.05, 4.69) is 4.98 Å². The van der Waals surface area contributed by atoms with Gasteiger partial charge in [-0.25, -0.2) is 4.79 Å². The summed E-state index contributed by atoms with van der Waals surface area (Å²) in [7, 11) is 0. The van der Waals surface area contributed by atoms with Gasteiger partial charge in [-0.05, 0) is 29.8 Å². The Morgan fingerprint density at radius 2 is 1.89 bits per heavy atom. The number of hydrogen-bond donors (Lipinski definition) is 1. The number of rotatable bonds is 5. The molecule has 0 aliphatic carbocycles. The highest BCUT2D eigenvalue weighted by molar-refractivity contribution is 6.09. The zero-order valence-electron chi connectivity index (χ0n) is 14.4. The van der Waals surface area contributed by atoms with Crippen LogP contribution < -0.4 is 9.47 Å². The number of H-pyrrole nitrogens is 1. The molecule has 0 saturated heterocycles. The molecule has 0 saturated carbocycles. The minimum absolute atomic E-state index is 0.256. The van der Waals surface area contributed by atoms with Crippen LogP contribution in [0.25, 0.3) is 17.0 Å². The van der Waals surface area contributed by atoms with Gasteiger partial charge in [0.25, 0.3) is 0 Å². The quantitative estimate of drug-likeness (QED) is 0.427. The lowest BCUT2D eigenvalue weighted by atomic mass is 10.1. The number of esters is 1. The summed E-state index contributed by atoms with van der Waals surface area (Å²) in [5, 5.41) is 0.811. The van der Waals surface area contributed by atoms with E-state index in [0.29, 0.717) is 30.3 Å². The molecule has 0 radical (unpaired) electrons. The molecule has 0 spiro atoms. The number of ether oxygens (including phenoxy) is 3. The lowest BCUT2D eigenvalue weighted by molar-refractivity contribution is -0.136. The maximum atomic E-state index is 12.3. The Morgan fingerprint density at radius 3 is 2.78 bits per heavy atom. The second-order valence-corrected chi connectivity index (χ2v) is 6.02. The number of benzene rings is 2. The predicted molar refractivity (Wildman–Crippen MR) is 100 cm³/mol. The van der Waals surface area contributed by atoms with Crippen molar-refractivity contribution in [1.29, 1.82) is 0 Å². The lowest BCUT2D eigenvalue weighted by Crippen LogP contribution is -2.15. The third-order valence-electron chi connectivity index (χ3n) is 4.21. The molecule has 1 aliphatic rings. The third-order valence-corrected chi connectivity index (χ3v) is 4.21. The van der Waals surface area contributed by atoms with Crippen LogP contribution in [0.2, 0.25) is 0 Å². The van der Waals surface area contributed by atoms with E-state index in [0.717, 1.165) is 16.5 Å². The first-order chi connectivity index (χ1) is 13.2. The van der Waals surface area contributed by atoms with E-state index in [9.17, 15) is 9.59 Å². The number of aromatic nitrogens is 1. The molecule has 0 amide bonds. The smallest absolute Gasteiger partial charge is 0.331 e. The fourth-order valence-corrected chi connectivity index (χ4v) is 2.89. The fraction of sp³-hybridized carbons (Fsp3) is 0.143. The first-order valence-corrected chi connectivity index (χ1v) is 8.54. The number of carbonyl (C=O) groups is 2. The summed E-state index contributed by atoms with van der Waals surface area (Å²) in [6.45, 7) is 0.712. The molecule has 0 fully saturated rings. The molecule has 1 aliphatic heterocycles. The van der Waals surface area contributed by atoms with Gasteiger partial charge in [0, 0.05) is 28.7 Å². The van der Waals surface area contributed by atoms with Crippen LogP contribution in [0.1, 0.15) is 15.9 Å². The van der Waals surface area contributed by atoms with Crippen LogP contribution in [0, 0.1) is 0 Å². The highest BCUT2D eigenvalue weighted by Gasteiger charge is 2.14. The first kappa shape index (κ1) is 16.9. The fourth-order valence-electron chi connectivity index (χ4n) is 2.89. The van der Waals surface area contributed by atoms with E-state index in [1.54, 1.807) is 24.4 Å². The first-order valence-electron chi connectivity index (χ1n) is 8.54. The minimum atomic E-state index is -0.585. The zero-order valence-corrected chi connectivity index (χ0v) is 14.4. The minimum Gasteiger partial charge on any atom is -0.486 e. The van der Waals surface area contributed by atoms with E-state index in [1.165, 1.54) is 6.08 Å². The number of nitrogens with one attached hydrogen (secondary N) is 1. The highest BCUT2D eigenvalue weighted by Crippen LogP contribution is 2.31. The van der Waals surface area contributed by atoms with Gasteiger partial charge in [0.15, 0.2) is 18.1 Å². The van der Waals surface area contributed by atoms with Crippen LogP contribution in [0.15, 0.2) is 54.7 Å². The topological polar surface area (TPSA) is 77.6 Å². The van der Waals surface area contributed by atoms with Gasteiger partial charge in [-0.1, -0.05) is 24.3 Å². The van der Waals surface area contributed by atoms with Crippen molar-refractivity contribution in [2.24, 2.45) is 0 Å². The van der Waals surface area contributed by atoms with Gasteiger partial charge in [-0.2, -0.15) is 0 Å². The van der Waals surface area contributed by atoms with Gasteiger partial charge >= 0.3 is 5.97 Å². The summed E-state index contributed by atoms with van der Waals surface area (Å²) < 4.78 is 16.0. The second kappa shape index (κ2) is 7.37. The van der Waals surface area contributed by atoms with Crippen molar-refractivity contribution >= 4 is 28.7 Å². The van der Waals surface area contributed by atoms with Gasteiger partial charge in [0.1, 0.15) is 13.2 Å². The summed E-state index contributed by atoms with van der Waals surface area (Å²) >= 11 is 0. The van der Waals surface area contributed by atoms with Crippen LogP contribution in [0.4, 0.5) is 0 Å². The Hall–Kier alpha value is -3.54. The van der Waals surface area contributed by atoms with Crippen molar-refractivity contribution in [1.82, 2.24) is 4.98 Å². The van der Waals surface area contributed by atoms with Crippen molar-refractivity contribution in [2.75, 3.05) is 19.8 Å². The lowest BCUT2D eigenvalue weighted by Gasteiger charge is -2.18. The number of aromatic amines is 1. The summed E-state index contributed by atoms with van der Waals surface area (Å²) in [5.74, 6) is 0.489. The van der Waals surface area contributed by atoms with Gasteiger partial charge in [-0.3, -0.25) is 4.79 Å². The number of ketones is 1. The van der Waals surface area contributed by atoms with E-state index >= 15 is 0 Å². The molecule has 6 nitrogen and oxygen atoms in total. The second-order valence-electron chi connectivity index (χ2n) is 6.02. The zero-order chi connectivity index (χ0) is 18.6. The number of Topliss-reactive ketones (excluding diaryl/α,β-unsaturated/α-hetero) is 1. The maximum Gasteiger partial charge on any atom is 0.331 e. The van der Waals surface area contributed by atoms with E-state index in [4.69, 9.17) is 14.2 Å². The largest absolute Gasteiger partial charge is 0.486 e. The Balaban J connectivity index is 1.37. The molecule has 136 valence electrons. The molecule has 4 rings (SSSR count). The molecule has 2 aromatic carbocycles. The third kappa shape index (κ3) is 3.69. The molecule has 3 aromatic rings. The van der Waals surface area contributed by atoms with Crippen LogP contribution in [0.5, 0.6) is 11.5 Å². The summed E-state index contributed by atoms with van der Waals surface area (Å²) in [4.78, 5) is 27.3. The molecule has 6 heteroatoms. The average molecular weight is 363 g/mol. The van der Waals surface area contributed by atoms with Crippen LogP contribution in [-0.4, -0.2) is 36.6 Å². The van der Waals surface area contributed by atoms with Crippen LogP contribution in [-0.2, 0) is 9.53 Å². The molecule has 1 aromatic heterocycles. The monoisotopic (exact) mass is 363 g/mol. The van der Waals surface area contributed by atoms with Gasteiger partial charge in [0.05, 0.1) is 0 Å². The average Bonchev–Trinajstić information content (AvgIpc) is 3.14. The highest BCUT2D eigenvalue weighted by atomic mass is 16.6. The van der Waals surface area contributed by atoms with Crippen molar-refractivity contribution in [3.63, 3.8) is 0 Å². The van der Waals surface area contributed by atoms with Gasteiger partial charge in [0.2, 0.25) is 5.78 Å². The molecule has 0 unspecified atom stereocenters. The van der Waals surface area contributed by atoms with Gasteiger partial charge in [-0.15, -0.1) is 0 Å². The van der Waals surface area contributed by atoms with Crippen molar-refractivity contribution in [3.05, 3.63) is 65.9 Å². The van der Waals surface area contributed by atoms with Crippen molar-refractivity contribution in [3.8, 4) is 11.5 Å². The van der Waals surface area contributed by atoms with E-state index in [1.807, 2.05) is 30.3 Å². The molecule has 0 bridgehead atoms. The molecule has 0 atom stereocenters. The van der Waals surface area contributed by atoms with Gasteiger partial charge < -0.3 is 19.2 Å². The van der Waals surface area contributed by atoms with Crippen molar-refractivity contribution < 1.29 is 23.8 Å². The number of para-hydroxylation sites is 1. The van der Waals surface area contributed by atoms with Crippen LogP contribution in [0.3, 0.4) is 0 Å². The molecule has 2 heterocycles. The molecule has 27 heavy (non-hydrogen) atoms. The van der Waals surface area contributed by atoms with Crippen LogP contribution >= 0.6 is 0 Å². The summed E-state index contributed by atoms with van der Waals surface area (Å²) in [6, 6.07) is 12.9. The molecular formula is C21H17NO5. The summed E-state index contributed by atoms with van der Waals surface area (Å²) in [6.07, 6.45) is 4.52. The predicted octanol–water partition coefficient (Wildman–Crippen LogP) is 3.38. The van der Waals surface area contributed by atoms with E-state index in [-0.39, 0.29) is 12.4 Å². The Labute approximate surface area is 155 Å². The number of carbonyl (C=O) groups excluding carboxylic acids is 2. The van der Waals surface area contributed by atoms with E-state index < -0.39 is 5.97 Å². The summed E-state index contributed by atoms with van der Waals surface area (Å²) in [5.41, 5.74) is 2.15. The Morgan fingerprint density at radius 1 is 1.07 bits per heavy atom. The standard InChI is InChI=1S/C21H17NO5/c23-18(16-12-22-17-4-2-1-3-15(16)17)13-27-21(24)8-6-14-5-7-19-20(11-14)26-10-9-25-19/h1-8,11-12,22H,9-10,13H2/b8-6+. The number of hydrogen-bond acceptors (Lipinski definition) is 5. The normalized spacial score (nSPS) is 13.0. The molecular weight excluding hydrogens is 346 g/mol. The number of fused-ring (bicyclic) bond motifs is 2. The molecule has 1 N–H and O–H groups in total.